The summed E-state index contributed by atoms with van der Waals surface area (Å²) < 4.78 is 69.2. The molecule has 204 valence electrons. The third-order valence-electron chi connectivity index (χ3n) is 6.50. The van der Waals surface area contributed by atoms with Gasteiger partial charge in [-0.1, -0.05) is 0 Å². The van der Waals surface area contributed by atoms with E-state index in [2.05, 4.69) is 15.2 Å². The van der Waals surface area contributed by atoms with E-state index in [4.69, 9.17) is 10.5 Å². The standard InChI is InChI=1S/C25H34F3N5O3S/c1-31-21-15-20(32-22(16-29)24(21)30)18-4-5-23(19(14-18)25(26,27)28)36-12-8-17-6-9-33(10-7-17)11-13-37(2,3,34)35/h4-5,14-15,17H,6-13,30H2,1-3H3,(H,31,32)(H,34,35). The Morgan fingerprint density at radius 2 is 1.97 bits per heavy atom. The van der Waals surface area contributed by atoms with Crippen molar-refractivity contribution in [1.29, 1.82) is 5.26 Å². The fraction of sp³-hybridized carbons (Fsp3) is 0.520. The molecule has 0 bridgehead atoms. The maximum Gasteiger partial charge on any atom is 0.419 e. The monoisotopic (exact) mass is 541 g/mol. The SMILES string of the molecule is CNc1cc(-c2ccc(OCCC3CCN(CCS(C)(C)(=O)O)CC3)c(C(F)(F)F)c2)nc(C#N)c1N. The Balaban J connectivity index is 1.65. The summed E-state index contributed by atoms with van der Waals surface area (Å²) in [5.74, 6) is 0.278. The first-order valence-electron chi connectivity index (χ1n) is 12.0. The average molecular weight is 542 g/mol. The van der Waals surface area contributed by atoms with Crippen molar-refractivity contribution >= 4 is 20.7 Å². The van der Waals surface area contributed by atoms with Crippen molar-refractivity contribution in [2.75, 3.05) is 62.6 Å². The Morgan fingerprint density at radius 3 is 2.54 bits per heavy atom. The molecule has 0 amide bonds. The smallest absolute Gasteiger partial charge is 0.419 e. The van der Waals surface area contributed by atoms with Gasteiger partial charge in [0.05, 0.1) is 29.2 Å². The van der Waals surface area contributed by atoms with Gasteiger partial charge in [0.15, 0.2) is 5.69 Å². The number of nitriles is 1. The summed E-state index contributed by atoms with van der Waals surface area (Å²) in [6, 6.07) is 7.10. The van der Waals surface area contributed by atoms with Crippen LogP contribution in [0.25, 0.3) is 11.3 Å². The van der Waals surface area contributed by atoms with Gasteiger partial charge in [0, 0.05) is 37.4 Å². The molecule has 0 aliphatic carbocycles. The number of rotatable bonds is 9. The van der Waals surface area contributed by atoms with Crippen molar-refractivity contribution < 1.29 is 26.7 Å². The summed E-state index contributed by atoms with van der Waals surface area (Å²) in [5.41, 5.74) is 5.78. The van der Waals surface area contributed by atoms with E-state index in [1.807, 2.05) is 6.07 Å². The van der Waals surface area contributed by atoms with Crippen LogP contribution >= 0.6 is 0 Å². The number of likely N-dealkylation sites (tertiary alicyclic amines) is 1. The number of aromatic nitrogens is 1. The second-order valence-electron chi connectivity index (χ2n) is 10.0. The molecule has 8 nitrogen and oxygen atoms in total. The lowest BCUT2D eigenvalue weighted by Gasteiger charge is -2.38. The lowest BCUT2D eigenvalue weighted by atomic mass is 9.94. The van der Waals surface area contributed by atoms with E-state index < -0.39 is 21.1 Å². The van der Waals surface area contributed by atoms with Gasteiger partial charge in [0.25, 0.3) is 0 Å². The zero-order valence-corrected chi connectivity index (χ0v) is 22.1. The zero-order valence-electron chi connectivity index (χ0n) is 21.3. The van der Waals surface area contributed by atoms with E-state index in [9.17, 15) is 27.2 Å². The molecule has 0 unspecified atom stereocenters. The van der Waals surface area contributed by atoms with Crippen molar-refractivity contribution in [3.63, 3.8) is 0 Å². The number of hydrogen-bond acceptors (Lipinski definition) is 7. The molecular weight excluding hydrogens is 507 g/mol. The number of alkyl halides is 3. The summed E-state index contributed by atoms with van der Waals surface area (Å²) >= 11 is 0. The number of anilines is 2. The second-order valence-corrected chi connectivity index (χ2v) is 14.4. The number of nitrogen functional groups attached to an aromatic ring is 1. The van der Waals surface area contributed by atoms with Crippen LogP contribution in [0.2, 0.25) is 0 Å². The van der Waals surface area contributed by atoms with E-state index in [0.29, 0.717) is 24.6 Å². The summed E-state index contributed by atoms with van der Waals surface area (Å²) in [7, 11) is -1.93. The highest BCUT2D eigenvalue weighted by atomic mass is 32.3. The van der Waals surface area contributed by atoms with Crippen LogP contribution in [-0.2, 0) is 15.5 Å². The number of nitrogens with zero attached hydrogens (tertiary/aromatic N) is 3. The summed E-state index contributed by atoms with van der Waals surface area (Å²) in [5, 5.41) is 12.1. The van der Waals surface area contributed by atoms with E-state index in [-0.39, 0.29) is 40.7 Å². The molecule has 1 saturated heterocycles. The number of ether oxygens (including phenoxy) is 1. The summed E-state index contributed by atoms with van der Waals surface area (Å²) in [6.07, 6.45) is 0.437. The van der Waals surface area contributed by atoms with E-state index in [1.165, 1.54) is 30.7 Å². The molecule has 1 aromatic heterocycles. The maximum absolute atomic E-state index is 13.9. The van der Waals surface area contributed by atoms with Crippen molar-refractivity contribution in [3.05, 3.63) is 35.5 Å². The number of halogens is 3. The largest absolute Gasteiger partial charge is 0.493 e. The minimum Gasteiger partial charge on any atom is -0.493 e. The van der Waals surface area contributed by atoms with Gasteiger partial charge >= 0.3 is 6.18 Å². The van der Waals surface area contributed by atoms with Gasteiger partial charge in [-0.05, 0) is 62.5 Å². The minimum absolute atomic E-state index is 0.0731. The van der Waals surface area contributed by atoms with Gasteiger partial charge in [0.1, 0.15) is 11.8 Å². The summed E-state index contributed by atoms with van der Waals surface area (Å²) in [6.45, 7) is 2.26. The highest BCUT2D eigenvalue weighted by molar-refractivity contribution is 8.13. The highest BCUT2D eigenvalue weighted by Crippen LogP contribution is 2.39. The van der Waals surface area contributed by atoms with Crippen LogP contribution in [-0.4, -0.2) is 70.2 Å². The fourth-order valence-electron chi connectivity index (χ4n) is 4.26. The molecule has 1 aliphatic rings. The molecule has 0 radical (unpaired) electrons. The molecule has 3 rings (SSSR count). The Hall–Kier alpha value is -2.88. The molecule has 0 spiro atoms. The Kier molecular flexibility index (Phi) is 8.41. The van der Waals surface area contributed by atoms with Crippen LogP contribution in [0.4, 0.5) is 24.5 Å². The van der Waals surface area contributed by atoms with Gasteiger partial charge in [-0.2, -0.15) is 27.8 Å². The second kappa shape index (κ2) is 10.8. The Labute approximate surface area is 215 Å². The van der Waals surface area contributed by atoms with Crippen LogP contribution in [0.15, 0.2) is 24.3 Å². The van der Waals surface area contributed by atoms with E-state index in [0.717, 1.165) is 32.0 Å². The Bertz CT molecular complexity index is 1220. The van der Waals surface area contributed by atoms with Crippen molar-refractivity contribution in [1.82, 2.24) is 9.88 Å². The number of hydrogen-bond donors (Lipinski definition) is 3. The normalized spacial score (nSPS) is 16.5. The predicted molar refractivity (Wildman–Crippen MR) is 140 cm³/mol. The quantitative estimate of drug-likeness (QED) is 0.429. The first kappa shape index (κ1) is 28.7. The molecule has 4 N–H and O–H groups in total. The van der Waals surface area contributed by atoms with Crippen LogP contribution in [0.3, 0.4) is 0 Å². The number of nitrogens with two attached hydrogens (primary N) is 1. The first-order chi connectivity index (χ1) is 17.2. The van der Waals surface area contributed by atoms with Crippen LogP contribution < -0.4 is 15.8 Å². The average Bonchev–Trinajstić information content (AvgIpc) is 2.82. The number of nitrogens with one attached hydrogen (secondary N) is 1. The molecule has 1 fully saturated rings. The third kappa shape index (κ3) is 8.05. The van der Waals surface area contributed by atoms with Crippen LogP contribution in [0.1, 0.15) is 30.5 Å². The molecule has 12 heteroatoms. The molecule has 0 saturated carbocycles. The topological polar surface area (TPSA) is 124 Å². The fourth-order valence-corrected chi connectivity index (χ4v) is 5.04. The van der Waals surface area contributed by atoms with Crippen molar-refractivity contribution in [2.24, 2.45) is 5.92 Å². The van der Waals surface area contributed by atoms with E-state index in [1.54, 1.807) is 7.05 Å². The zero-order chi connectivity index (χ0) is 27.5. The molecule has 1 aromatic carbocycles. The number of pyridine rings is 1. The molecule has 2 aromatic rings. The summed E-state index contributed by atoms with van der Waals surface area (Å²) in [4.78, 5) is 6.26. The third-order valence-corrected chi connectivity index (χ3v) is 7.84. The first-order valence-corrected chi connectivity index (χ1v) is 14.9. The number of piperidine rings is 1. The molecule has 1 aliphatic heterocycles. The Morgan fingerprint density at radius 1 is 1.30 bits per heavy atom. The molecular formula is C25H34F3N5O3S. The van der Waals surface area contributed by atoms with E-state index >= 15 is 0 Å². The molecule has 2 heterocycles. The van der Waals surface area contributed by atoms with Crippen LogP contribution in [0, 0.1) is 17.2 Å². The van der Waals surface area contributed by atoms with Gasteiger partial charge in [-0.15, -0.1) is 0 Å². The predicted octanol–water partition coefficient (Wildman–Crippen LogP) is 4.30. The van der Waals surface area contributed by atoms with Gasteiger partial charge in [-0.25, -0.2) is 9.19 Å². The van der Waals surface area contributed by atoms with Crippen LogP contribution in [0.5, 0.6) is 5.75 Å². The van der Waals surface area contributed by atoms with Crippen molar-refractivity contribution in [3.8, 4) is 23.1 Å². The lowest BCUT2D eigenvalue weighted by molar-refractivity contribution is -0.138. The van der Waals surface area contributed by atoms with Gasteiger partial charge in [0.2, 0.25) is 0 Å². The minimum atomic E-state index is -4.64. The molecule has 37 heavy (non-hydrogen) atoms. The maximum atomic E-state index is 13.9. The lowest BCUT2D eigenvalue weighted by Crippen LogP contribution is -2.42. The van der Waals surface area contributed by atoms with Gasteiger partial charge < -0.3 is 25.2 Å². The highest BCUT2D eigenvalue weighted by Gasteiger charge is 2.35. The van der Waals surface area contributed by atoms with Crippen molar-refractivity contribution in [2.45, 2.75) is 25.4 Å². The number of benzene rings is 1. The molecule has 0 atom stereocenters. The van der Waals surface area contributed by atoms with Gasteiger partial charge in [-0.3, -0.25) is 0 Å².